The van der Waals surface area contributed by atoms with Gasteiger partial charge in [0.25, 0.3) is 0 Å². The van der Waals surface area contributed by atoms with Gasteiger partial charge in [-0.15, -0.1) is 0 Å². The van der Waals surface area contributed by atoms with Gasteiger partial charge in [-0.25, -0.2) is 4.99 Å². The highest BCUT2D eigenvalue weighted by molar-refractivity contribution is 6.39. The van der Waals surface area contributed by atoms with Crippen molar-refractivity contribution < 1.29 is 0 Å². The van der Waals surface area contributed by atoms with Gasteiger partial charge < -0.3 is 11.1 Å². The summed E-state index contributed by atoms with van der Waals surface area (Å²) in [6, 6.07) is 5.24. The Balaban J connectivity index is 2.93. The zero-order chi connectivity index (χ0) is 12.3. The average molecular weight is 260 g/mol. The van der Waals surface area contributed by atoms with Crippen molar-refractivity contribution in [3.05, 3.63) is 28.2 Å². The molecule has 0 aromatic heterocycles. The van der Waals surface area contributed by atoms with E-state index in [1.165, 1.54) is 0 Å². The number of para-hydroxylation sites is 1. The number of aliphatic imine (C=N–C) groups is 1. The third-order valence-electron chi connectivity index (χ3n) is 1.67. The maximum absolute atomic E-state index is 5.99. The van der Waals surface area contributed by atoms with Crippen LogP contribution in [0.2, 0.25) is 10.0 Å². The minimum atomic E-state index is -0.245. The molecule has 0 unspecified atom stereocenters. The van der Waals surface area contributed by atoms with Gasteiger partial charge in [-0.3, -0.25) is 0 Å². The van der Waals surface area contributed by atoms with Gasteiger partial charge in [0.15, 0.2) is 5.96 Å². The van der Waals surface area contributed by atoms with Crippen LogP contribution in [0, 0.1) is 0 Å². The fourth-order valence-electron chi connectivity index (χ4n) is 1.13. The van der Waals surface area contributed by atoms with E-state index in [0.29, 0.717) is 21.7 Å². The van der Waals surface area contributed by atoms with Gasteiger partial charge in [0, 0.05) is 0 Å². The molecule has 0 bridgehead atoms. The Morgan fingerprint density at radius 2 is 1.75 bits per heavy atom. The fraction of sp³-hybridized carbons (Fsp3) is 0.364. The van der Waals surface area contributed by atoms with Crippen LogP contribution < -0.4 is 11.1 Å². The SMILES string of the molecule is CC(C)(C)N=C(N)Nc1c(Cl)cccc1Cl. The first-order valence-corrected chi connectivity index (χ1v) is 5.61. The Kier molecular flexibility index (Phi) is 4.05. The van der Waals surface area contributed by atoms with Crippen LogP contribution in [-0.4, -0.2) is 11.5 Å². The summed E-state index contributed by atoms with van der Waals surface area (Å²) >= 11 is 12.0. The van der Waals surface area contributed by atoms with Crippen molar-refractivity contribution in [2.75, 3.05) is 5.32 Å². The smallest absolute Gasteiger partial charge is 0.193 e. The summed E-state index contributed by atoms with van der Waals surface area (Å²) in [6.07, 6.45) is 0. The minimum absolute atomic E-state index is 0.245. The first-order chi connectivity index (χ1) is 7.29. The largest absolute Gasteiger partial charge is 0.370 e. The molecule has 0 atom stereocenters. The van der Waals surface area contributed by atoms with Crippen molar-refractivity contribution in [1.82, 2.24) is 0 Å². The third-order valence-corrected chi connectivity index (χ3v) is 2.30. The summed E-state index contributed by atoms with van der Waals surface area (Å²) in [7, 11) is 0. The minimum Gasteiger partial charge on any atom is -0.370 e. The van der Waals surface area contributed by atoms with Crippen LogP contribution in [0.4, 0.5) is 5.69 Å². The van der Waals surface area contributed by atoms with Crippen LogP contribution in [-0.2, 0) is 0 Å². The number of nitrogens with zero attached hydrogens (tertiary/aromatic N) is 1. The highest BCUT2D eigenvalue weighted by atomic mass is 35.5. The molecule has 0 saturated heterocycles. The lowest BCUT2D eigenvalue weighted by molar-refractivity contribution is 0.583. The van der Waals surface area contributed by atoms with Crippen molar-refractivity contribution in [2.24, 2.45) is 10.7 Å². The molecule has 0 fully saturated rings. The van der Waals surface area contributed by atoms with E-state index >= 15 is 0 Å². The topological polar surface area (TPSA) is 50.4 Å². The van der Waals surface area contributed by atoms with Crippen molar-refractivity contribution in [1.29, 1.82) is 0 Å². The maximum atomic E-state index is 5.99. The zero-order valence-corrected chi connectivity index (χ0v) is 11.0. The molecule has 0 aliphatic carbocycles. The third kappa shape index (κ3) is 3.91. The van der Waals surface area contributed by atoms with Gasteiger partial charge in [-0.2, -0.15) is 0 Å². The van der Waals surface area contributed by atoms with Crippen LogP contribution >= 0.6 is 23.2 Å². The van der Waals surface area contributed by atoms with Crippen molar-refractivity contribution in [3.8, 4) is 0 Å². The van der Waals surface area contributed by atoms with E-state index in [2.05, 4.69) is 10.3 Å². The molecule has 16 heavy (non-hydrogen) atoms. The molecule has 0 saturated carbocycles. The van der Waals surface area contributed by atoms with Crippen LogP contribution in [0.3, 0.4) is 0 Å². The lowest BCUT2D eigenvalue weighted by Gasteiger charge is -2.15. The number of rotatable bonds is 1. The quantitative estimate of drug-likeness (QED) is 0.599. The summed E-state index contributed by atoms with van der Waals surface area (Å²) in [5, 5.41) is 3.93. The second kappa shape index (κ2) is 4.93. The van der Waals surface area contributed by atoms with Crippen LogP contribution in [0.1, 0.15) is 20.8 Å². The number of nitrogens with two attached hydrogens (primary N) is 1. The molecule has 1 rings (SSSR count). The molecule has 0 amide bonds. The molecule has 0 radical (unpaired) electrons. The van der Waals surface area contributed by atoms with Crippen molar-refractivity contribution in [3.63, 3.8) is 0 Å². The Morgan fingerprint density at radius 3 is 2.19 bits per heavy atom. The van der Waals surface area contributed by atoms with Crippen molar-refractivity contribution >= 4 is 34.8 Å². The predicted octanol–water partition coefficient (Wildman–Crippen LogP) is 3.52. The lowest BCUT2D eigenvalue weighted by atomic mass is 10.1. The average Bonchev–Trinajstić information content (AvgIpc) is 2.08. The summed E-state index contributed by atoms with van der Waals surface area (Å²) in [5.74, 6) is 0.294. The number of hydrogen-bond donors (Lipinski definition) is 2. The summed E-state index contributed by atoms with van der Waals surface area (Å²) in [6.45, 7) is 5.86. The van der Waals surface area contributed by atoms with E-state index in [-0.39, 0.29) is 5.54 Å². The molecule has 1 aromatic carbocycles. The van der Waals surface area contributed by atoms with E-state index in [1.807, 2.05) is 20.8 Å². The van der Waals surface area contributed by atoms with E-state index in [9.17, 15) is 0 Å². The number of benzene rings is 1. The Bertz CT molecular complexity index is 388. The van der Waals surface area contributed by atoms with Gasteiger partial charge in [-0.05, 0) is 32.9 Å². The lowest BCUT2D eigenvalue weighted by Crippen LogP contribution is -2.27. The molecule has 0 heterocycles. The predicted molar refractivity (Wildman–Crippen MR) is 71.5 cm³/mol. The summed E-state index contributed by atoms with van der Waals surface area (Å²) < 4.78 is 0. The molecule has 0 aliphatic rings. The molecule has 0 spiro atoms. The monoisotopic (exact) mass is 259 g/mol. The molecule has 5 heteroatoms. The normalized spacial score (nSPS) is 12.7. The maximum Gasteiger partial charge on any atom is 0.193 e. The number of hydrogen-bond acceptors (Lipinski definition) is 1. The van der Waals surface area contributed by atoms with E-state index in [1.54, 1.807) is 18.2 Å². The van der Waals surface area contributed by atoms with Gasteiger partial charge in [0.05, 0.1) is 21.3 Å². The van der Waals surface area contributed by atoms with Gasteiger partial charge >= 0.3 is 0 Å². The second-order valence-corrected chi connectivity index (χ2v) is 5.20. The van der Waals surface area contributed by atoms with Crippen molar-refractivity contribution in [2.45, 2.75) is 26.3 Å². The van der Waals surface area contributed by atoms with Gasteiger partial charge in [0.2, 0.25) is 0 Å². The highest BCUT2D eigenvalue weighted by Gasteiger charge is 2.10. The van der Waals surface area contributed by atoms with Gasteiger partial charge in [-0.1, -0.05) is 29.3 Å². The molecular formula is C11H15Cl2N3. The first-order valence-electron chi connectivity index (χ1n) is 4.86. The molecular weight excluding hydrogens is 245 g/mol. The molecule has 3 nitrogen and oxygen atoms in total. The first kappa shape index (κ1) is 13.1. The van der Waals surface area contributed by atoms with Crippen LogP contribution in [0.25, 0.3) is 0 Å². The number of anilines is 1. The van der Waals surface area contributed by atoms with Crippen LogP contribution in [0.5, 0.6) is 0 Å². The van der Waals surface area contributed by atoms with Gasteiger partial charge in [0.1, 0.15) is 0 Å². The van der Waals surface area contributed by atoms with Crippen LogP contribution in [0.15, 0.2) is 23.2 Å². The Labute approximate surface area is 106 Å². The number of nitrogens with one attached hydrogen (secondary N) is 1. The Hall–Kier alpha value is -0.930. The number of halogens is 2. The Morgan fingerprint density at radius 1 is 1.25 bits per heavy atom. The van der Waals surface area contributed by atoms with E-state index < -0.39 is 0 Å². The summed E-state index contributed by atoms with van der Waals surface area (Å²) in [5.41, 5.74) is 6.09. The number of guanidine groups is 1. The fourth-order valence-corrected chi connectivity index (χ4v) is 1.63. The zero-order valence-electron chi connectivity index (χ0n) is 9.51. The van der Waals surface area contributed by atoms with E-state index in [0.717, 1.165) is 0 Å². The van der Waals surface area contributed by atoms with E-state index in [4.69, 9.17) is 28.9 Å². The molecule has 88 valence electrons. The standard InChI is InChI=1S/C11H15Cl2N3/c1-11(2,3)16-10(14)15-9-7(12)5-4-6-8(9)13/h4-6H,1-3H3,(H3,14,15,16). The summed E-state index contributed by atoms with van der Waals surface area (Å²) in [4.78, 5) is 4.25. The molecule has 0 aliphatic heterocycles. The second-order valence-electron chi connectivity index (χ2n) is 4.39. The molecule has 1 aromatic rings. The highest BCUT2D eigenvalue weighted by Crippen LogP contribution is 2.29. The molecule has 3 N–H and O–H groups in total.